The molecule has 0 aliphatic carbocycles. The molecule has 1 unspecified atom stereocenters. The zero-order chi connectivity index (χ0) is 19.8. The summed E-state index contributed by atoms with van der Waals surface area (Å²) in [4.78, 5) is 36.5. The molecule has 0 saturated carbocycles. The Kier molecular flexibility index (Phi) is 4.69. The Hall–Kier alpha value is -3.23. The molecular weight excluding hydrogens is 352 g/mol. The van der Waals surface area contributed by atoms with Gasteiger partial charge in [-0.15, -0.1) is 0 Å². The van der Waals surface area contributed by atoms with Gasteiger partial charge in [-0.1, -0.05) is 0 Å². The van der Waals surface area contributed by atoms with Gasteiger partial charge in [-0.25, -0.2) is 4.79 Å². The van der Waals surface area contributed by atoms with E-state index in [0.29, 0.717) is 11.1 Å². The highest BCUT2D eigenvalue weighted by Gasteiger charge is 2.48. The van der Waals surface area contributed by atoms with Gasteiger partial charge in [0.2, 0.25) is 5.91 Å². The van der Waals surface area contributed by atoms with E-state index in [9.17, 15) is 19.5 Å². The SMILES string of the molecule is COc1ccc2cn(CC3(CC(=O)NC(C)C)NC(=O)NC3=O)c(O)c2c1. The number of nitrogens with zero attached hydrogens (tertiary/aromatic N) is 1. The van der Waals surface area contributed by atoms with Crippen LogP contribution in [-0.2, 0) is 16.1 Å². The molecule has 9 nitrogen and oxygen atoms in total. The molecule has 0 bridgehead atoms. The van der Waals surface area contributed by atoms with Crippen molar-refractivity contribution in [1.82, 2.24) is 20.5 Å². The Bertz CT molecular complexity index is 920. The number of aromatic hydroxyl groups is 1. The van der Waals surface area contributed by atoms with Gasteiger partial charge in [-0.3, -0.25) is 14.9 Å². The summed E-state index contributed by atoms with van der Waals surface area (Å²) in [6.07, 6.45) is 1.41. The maximum atomic E-state index is 12.5. The first kappa shape index (κ1) is 18.6. The topological polar surface area (TPSA) is 122 Å². The van der Waals surface area contributed by atoms with Gasteiger partial charge in [0.25, 0.3) is 5.91 Å². The summed E-state index contributed by atoms with van der Waals surface area (Å²) < 4.78 is 6.61. The second-order valence-corrected chi connectivity index (χ2v) is 6.92. The van der Waals surface area contributed by atoms with Crippen LogP contribution in [0.15, 0.2) is 24.4 Å². The van der Waals surface area contributed by atoms with Crippen molar-refractivity contribution < 1.29 is 24.2 Å². The maximum absolute atomic E-state index is 12.5. The second kappa shape index (κ2) is 6.82. The number of nitrogens with one attached hydrogen (secondary N) is 3. The van der Waals surface area contributed by atoms with Gasteiger partial charge in [0.1, 0.15) is 11.3 Å². The molecule has 144 valence electrons. The van der Waals surface area contributed by atoms with E-state index in [-0.39, 0.29) is 30.8 Å². The first-order valence-electron chi connectivity index (χ1n) is 8.53. The van der Waals surface area contributed by atoms with Gasteiger partial charge in [-0.2, -0.15) is 0 Å². The van der Waals surface area contributed by atoms with E-state index in [1.54, 1.807) is 38.2 Å². The Labute approximate surface area is 155 Å². The van der Waals surface area contributed by atoms with Gasteiger partial charge in [0.15, 0.2) is 5.88 Å². The molecule has 1 aliphatic heterocycles. The van der Waals surface area contributed by atoms with Crippen molar-refractivity contribution in [2.45, 2.75) is 38.4 Å². The fraction of sp³-hybridized carbons (Fsp3) is 0.389. The Morgan fingerprint density at radius 3 is 2.70 bits per heavy atom. The highest BCUT2D eigenvalue weighted by atomic mass is 16.5. The van der Waals surface area contributed by atoms with Crippen LogP contribution in [0.25, 0.3) is 10.8 Å². The number of imide groups is 1. The van der Waals surface area contributed by atoms with E-state index in [4.69, 9.17) is 4.74 Å². The molecule has 1 aliphatic rings. The summed E-state index contributed by atoms with van der Waals surface area (Å²) >= 11 is 0. The van der Waals surface area contributed by atoms with Crippen LogP contribution in [0.1, 0.15) is 20.3 Å². The van der Waals surface area contributed by atoms with E-state index in [1.165, 1.54) is 11.7 Å². The van der Waals surface area contributed by atoms with Crippen LogP contribution in [-0.4, -0.2) is 46.2 Å². The van der Waals surface area contributed by atoms with Crippen LogP contribution in [0.5, 0.6) is 11.6 Å². The molecule has 1 aromatic carbocycles. The number of fused-ring (bicyclic) bond motifs is 1. The average Bonchev–Trinajstić information content (AvgIpc) is 3.03. The predicted octanol–water partition coefficient (Wildman–Crippen LogP) is 0.848. The largest absolute Gasteiger partial charge is 0.497 e. The summed E-state index contributed by atoms with van der Waals surface area (Å²) in [5.74, 6) is -0.489. The molecule has 2 aromatic rings. The third kappa shape index (κ3) is 3.53. The third-order valence-electron chi connectivity index (χ3n) is 4.44. The van der Waals surface area contributed by atoms with Crippen molar-refractivity contribution in [3.05, 3.63) is 24.4 Å². The molecule has 4 N–H and O–H groups in total. The van der Waals surface area contributed by atoms with Crippen LogP contribution in [0.4, 0.5) is 4.79 Å². The van der Waals surface area contributed by atoms with E-state index >= 15 is 0 Å². The van der Waals surface area contributed by atoms with Crippen molar-refractivity contribution in [3.8, 4) is 11.6 Å². The molecule has 3 rings (SSSR count). The smallest absolute Gasteiger partial charge is 0.322 e. The van der Waals surface area contributed by atoms with Crippen LogP contribution in [0.3, 0.4) is 0 Å². The lowest BCUT2D eigenvalue weighted by molar-refractivity contribution is -0.130. The van der Waals surface area contributed by atoms with E-state index in [1.807, 2.05) is 0 Å². The number of hydrogen-bond donors (Lipinski definition) is 4. The minimum absolute atomic E-state index is 0.0820. The number of rotatable bonds is 6. The molecule has 1 aromatic heterocycles. The summed E-state index contributed by atoms with van der Waals surface area (Å²) in [6, 6.07) is 4.42. The van der Waals surface area contributed by atoms with Crippen LogP contribution in [0, 0.1) is 0 Å². The quantitative estimate of drug-likeness (QED) is 0.559. The Morgan fingerprint density at radius 2 is 2.11 bits per heavy atom. The number of carbonyl (C=O) groups is 3. The summed E-state index contributed by atoms with van der Waals surface area (Å²) in [5.41, 5.74) is -1.49. The van der Waals surface area contributed by atoms with Crippen molar-refractivity contribution in [3.63, 3.8) is 0 Å². The highest BCUT2D eigenvalue weighted by Crippen LogP contribution is 2.32. The molecule has 2 heterocycles. The predicted molar refractivity (Wildman–Crippen MR) is 97.5 cm³/mol. The van der Waals surface area contributed by atoms with Gasteiger partial charge >= 0.3 is 6.03 Å². The van der Waals surface area contributed by atoms with E-state index < -0.39 is 17.5 Å². The number of amides is 4. The highest BCUT2D eigenvalue weighted by molar-refractivity contribution is 6.08. The van der Waals surface area contributed by atoms with Gasteiger partial charge < -0.3 is 25.0 Å². The van der Waals surface area contributed by atoms with Crippen molar-refractivity contribution >= 4 is 28.6 Å². The number of urea groups is 1. The van der Waals surface area contributed by atoms with E-state index in [0.717, 1.165) is 5.39 Å². The minimum atomic E-state index is -1.49. The molecule has 1 fully saturated rings. The molecule has 0 radical (unpaired) electrons. The maximum Gasteiger partial charge on any atom is 0.322 e. The van der Waals surface area contributed by atoms with Crippen LogP contribution < -0.4 is 20.7 Å². The van der Waals surface area contributed by atoms with Crippen LogP contribution >= 0.6 is 0 Å². The lowest BCUT2D eigenvalue weighted by Crippen LogP contribution is -2.53. The molecule has 27 heavy (non-hydrogen) atoms. The standard InChI is InChI=1S/C18H22N4O5/c1-10(2)19-14(23)7-18(16(25)20-17(26)21-18)9-22-8-11-4-5-12(27-3)6-13(11)15(22)24/h4-6,8,10,24H,7,9H2,1-3H3,(H,19,23)(H2,20,21,25,26). The number of ether oxygens (including phenoxy) is 1. The molecular formula is C18H22N4O5. The molecule has 0 spiro atoms. The Balaban J connectivity index is 1.96. The normalized spacial score (nSPS) is 19.3. The van der Waals surface area contributed by atoms with Crippen LogP contribution in [0.2, 0.25) is 0 Å². The fourth-order valence-corrected chi connectivity index (χ4v) is 3.23. The number of methoxy groups -OCH3 is 1. The second-order valence-electron chi connectivity index (χ2n) is 6.92. The lowest BCUT2D eigenvalue weighted by Gasteiger charge is -2.26. The first-order valence-corrected chi connectivity index (χ1v) is 8.53. The van der Waals surface area contributed by atoms with Crippen molar-refractivity contribution in [2.75, 3.05) is 7.11 Å². The third-order valence-corrected chi connectivity index (χ3v) is 4.44. The molecule has 9 heteroatoms. The molecule has 4 amide bonds. The number of hydrogen-bond acceptors (Lipinski definition) is 5. The number of benzene rings is 1. The lowest BCUT2D eigenvalue weighted by atomic mass is 9.94. The minimum Gasteiger partial charge on any atom is -0.497 e. The summed E-state index contributed by atoms with van der Waals surface area (Å²) in [7, 11) is 1.52. The molecule has 1 atom stereocenters. The average molecular weight is 374 g/mol. The molecule has 1 saturated heterocycles. The first-order chi connectivity index (χ1) is 12.7. The van der Waals surface area contributed by atoms with Crippen molar-refractivity contribution in [2.24, 2.45) is 0 Å². The zero-order valence-electron chi connectivity index (χ0n) is 15.3. The van der Waals surface area contributed by atoms with Gasteiger partial charge in [0.05, 0.1) is 20.1 Å². The van der Waals surface area contributed by atoms with Gasteiger partial charge in [0, 0.05) is 23.0 Å². The Morgan fingerprint density at radius 1 is 1.37 bits per heavy atom. The van der Waals surface area contributed by atoms with Gasteiger partial charge in [-0.05, 0) is 32.0 Å². The number of aromatic nitrogens is 1. The number of carbonyl (C=O) groups excluding carboxylic acids is 3. The summed E-state index contributed by atoms with van der Waals surface area (Å²) in [6.45, 7) is 3.50. The zero-order valence-corrected chi connectivity index (χ0v) is 15.3. The van der Waals surface area contributed by atoms with E-state index in [2.05, 4.69) is 16.0 Å². The summed E-state index contributed by atoms with van der Waals surface area (Å²) in [5, 5.41) is 19.3. The fourth-order valence-electron chi connectivity index (χ4n) is 3.23. The van der Waals surface area contributed by atoms with Crippen molar-refractivity contribution in [1.29, 1.82) is 0 Å². The monoisotopic (exact) mass is 374 g/mol.